The van der Waals surface area contributed by atoms with E-state index in [2.05, 4.69) is 58.3 Å². The van der Waals surface area contributed by atoms with Crippen LogP contribution in [-0.2, 0) is 6.42 Å². The first-order valence-electron chi connectivity index (χ1n) is 5.25. The Hall–Kier alpha value is -1.16. The Morgan fingerprint density at radius 2 is 2.12 bits per heavy atom. The topological polar surface area (TPSA) is 30.7 Å². The van der Waals surface area contributed by atoms with Gasteiger partial charge in [0.25, 0.3) is 0 Å². The van der Waals surface area contributed by atoms with Crippen LogP contribution in [0, 0.1) is 13.8 Å². The van der Waals surface area contributed by atoms with Gasteiger partial charge in [-0.3, -0.25) is 0 Å². The highest BCUT2D eigenvalue weighted by Crippen LogP contribution is 2.14. The predicted molar refractivity (Wildman–Crippen MR) is 68.3 cm³/mol. The predicted octanol–water partition coefficient (Wildman–Crippen LogP) is 2.82. The van der Waals surface area contributed by atoms with Gasteiger partial charge in [-0.15, -0.1) is 5.10 Å². The summed E-state index contributed by atoms with van der Waals surface area (Å²) < 4.78 is 1.84. The molecule has 4 heteroatoms. The van der Waals surface area contributed by atoms with E-state index in [1.807, 2.05) is 10.9 Å². The van der Waals surface area contributed by atoms with Crippen LogP contribution in [0.1, 0.15) is 16.8 Å². The minimum atomic E-state index is 0.908. The van der Waals surface area contributed by atoms with Crippen molar-refractivity contribution >= 4 is 15.9 Å². The number of halogens is 1. The number of rotatable bonds is 3. The molecule has 0 saturated heterocycles. The summed E-state index contributed by atoms with van der Waals surface area (Å²) in [7, 11) is 0. The Labute approximate surface area is 104 Å². The molecule has 1 aromatic heterocycles. The number of hydrogen-bond donors (Lipinski definition) is 0. The van der Waals surface area contributed by atoms with Gasteiger partial charge in [-0.05, 0) is 25.5 Å². The third kappa shape index (κ3) is 2.32. The summed E-state index contributed by atoms with van der Waals surface area (Å²) in [6.07, 6.45) is 2.89. The molecule has 84 valence electrons. The number of aromatic nitrogens is 3. The summed E-state index contributed by atoms with van der Waals surface area (Å²) in [5.74, 6) is 0. The number of alkyl halides is 1. The molecular formula is C12H14BrN3. The van der Waals surface area contributed by atoms with Crippen LogP contribution in [0.3, 0.4) is 0 Å². The van der Waals surface area contributed by atoms with Gasteiger partial charge in [0.05, 0.1) is 17.6 Å². The fourth-order valence-corrected chi connectivity index (χ4v) is 2.10. The maximum Gasteiger partial charge on any atom is 0.0840 e. The first kappa shape index (κ1) is 11.3. The van der Waals surface area contributed by atoms with E-state index in [1.165, 1.54) is 11.1 Å². The number of hydrogen-bond acceptors (Lipinski definition) is 2. The fraction of sp³-hybridized carbons (Fsp3) is 0.333. The van der Waals surface area contributed by atoms with Crippen LogP contribution < -0.4 is 0 Å². The highest BCUT2D eigenvalue weighted by Gasteiger charge is 2.04. The van der Waals surface area contributed by atoms with Gasteiger partial charge < -0.3 is 0 Å². The maximum absolute atomic E-state index is 4.14. The summed E-state index contributed by atoms with van der Waals surface area (Å²) in [4.78, 5) is 0. The van der Waals surface area contributed by atoms with Crippen LogP contribution in [0.2, 0.25) is 0 Å². The number of nitrogens with zero attached hydrogens (tertiary/aromatic N) is 3. The van der Waals surface area contributed by atoms with Crippen LogP contribution >= 0.6 is 15.9 Å². The standard InChI is InChI=1S/C12H14BrN3/c1-9-3-4-12(10(2)7-9)16-8-11(5-6-13)14-15-16/h3-4,7-8H,5-6H2,1-2H3. The van der Waals surface area contributed by atoms with Gasteiger partial charge in [0.1, 0.15) is 0 Å². The van der Waals surface area contributed by atoms with Crippen molar-refractivity contribution in [1.29, 1.82) is 0 Å². The zero-order valence-corrected chi connectivity index (χ0v) is 11.0. The van der Waals surface area contributed by atoms with Crippen molar-refractivity contribution in [3.05, 3.63) is 41.2 Å². The van der Waals surface area contributed by atoms with Gasteiger partial charge in [-0.25, -0.2) is 4.68 Å². The molecule has 0 amide bonds. The van der Waals surface area contributed by atoms with Gasteiger partial charge in [0.15, 0.2) is 0 Å². The first-order chi connectivity index (χ1) is 7.70. The second-order valence-corrected chi connectivity index (χ2v) is 4.68. The van der Waals surface area contributed by atoms with E-state index >= 15 is 0 Å². The molecule has 1 heterocycles. The highest BCUT2D eigenvalue weighted by molar-refractivity contribution is 9.09. The van der Waals surface area contributed by atoms with Crippen molar-refractivity contribution in [2.24, 2.45) is 0 Å². The van der Waals surface area contributed by atoms with Gasteiger partial charge in [-0.1, -0.05) is 38.8 Å². The van der Waals surface area contributed by atoms with Crippen LogP contribution in [-0.4, -0.2) is 20.3 Å². The molecule has 0 aliphatic rings. The zero-order valence-electron chi connectivity index (χ0n) is 9.44. The lowest BCUT2D eigenvalue weighted by atomic mass is 10.1. The molecular weight excluding hydrogens is 266 g/mol. The van der Waals surface area contributed by atoms with Crippen LogP contribution in [0.25, 0.3) is 5.69 Å². The summed E-state index contributed by atoms with van der Waals surface area (Å²) in [5, 5.41) is 9.19. The van der Waals surface area contributed by atoms with Gasteiger partial charge >= 0.3 is 0 Å². The molecule has 0 spiro atoms. The van der Waals surface area contributed by atoms with E-state index < -0.39 is 0 Å². The van der Waals surface area contributed by atoms with Crippen molar-refractivity contribution in [2.45, 2.75) is 20.3 Å². The average molecular weight is 280 g/mol. The quantitative estimate of drug-likeness (QED) is 0.809. The summed E-state index contributed by atoms with van der Waals surface area (Å²) in [5.41, 5.74) is 4.59. The van der Waals surface area contributed by atoms with E-state index in [4.69, 9.17) is 0 Å². The third-order valence-electron chi connectivity index (χ3n) is 2.49. The van der Waals surface area contributed by atoms with Crippen molar-refractivity contribution in [3.63, 3.8) is 0 Å². The fourth-order valence-electron chi connectivity index (χ4n) is 1.69. The second-order valence-electron chi connectivity index (χ2n) is 3.88. The lowest BCUT2D eigenvalue weighted by Crippen LogP contribution is -1.98. The zero-order chi connectivity index (χ0) is 11.5. The Morgan fingerprint density at radius 3 is 2.81 bits per heavy atom. The first-order valence-corrected chi connectivity index (χ1v) is 6.37. The molecule has 0 fully saturated rings. The van der Waals surface area contributed by atoms with Gasteiger partial charge in [0.2, 0.25) is 0 Å². The molecule has 0 aliphatic heterocycles. The van der Waals surface area contributed by atoms with E-state index in [1.54, 1.807) is 0 Å². The molecule has 2 aromatic rings. The molecule has 0 atom stereocenters. The van der Waals surface area contributed by atoms with E-state index in [-0.39, 0.29) is 0 Å². The Morgan fingerprint density at radius 1 is 1.31 bits per heavy atom. The molecule has 0 aliphatic carbocycles. The Bertz CT molecular complexity index is 491. The smallest absolute Gasteiger partial charge is 0.0840 e. The van der Waals surface area contributed by atoms with Crippen LogP contribution in [0.5, 0.6) is 0 Å². The Balaban J connectivity index is 2.35. The molecule has 1 aromatic carbocycles. The SMILES string of the molecule is Cc1ccc(-n2cc(CCBr)nn2)c(C)c1. The number of aryl methyl sites for hydroxylation is 3. The minimum absolute atomic E-state index is 0.908. The molecule has 0 bridgehead atoms. The second kappa shape index (κ2) is 4.78. The van der Waals surface area contributed by atoms with Crippen molar-refractivity contribution < 1.29 is 0 Å². The normalized spacial score (nSPS) is 10.7. The molecule has 3 nitrogen and oxygen atoms in total. The molecule has 0 radical (unpaired) electrons. The van der Waals surface area contributed by atoms with E-state index in [9.17, 15) is 0 Å². The maximum atomic E-state index is 4.14. The lowest BCUT2D eigenvalue weighted by molar-refractivity contribution is 0.793. The lowest BCUT2D eigenvalue weighted by Gasteiger charge is -2.05. The minimum Gasteiger partial charge on any atom is -0.220 e. The van der Waals surface area contributed by atoms with Crippen molar-refractivity contribution in [3.8, 4) is 5.69 Å². The number of benzene rings is 1. The third-order valence-corrected chi connectivity index (χ3v) is 2.89. The van der Waals surface area contributed by atoms with E-state index in [0.717, 1.165) is 23.1 Å². The highest BCUT2D eigenvalue weighted by atomic mass is 79.9. The van der Waals surface area contributed by atoms with Crippen LogP contribution in [0.15, 0.2) is 24.4 Å². The summed E-state index contributed by atoms with van der Waals surface area (Å²) >= 11 is 3.40. The van der Waals surface area contributed by atoms with Crippen molar-refractivity contribution in [2.75, 3.05) is 5.33 Å². The average Bonchev–Trinajstić information content (AvgIpc) is 2.67. The molecule has 16 heavy (non-hydrogen) atoms. The Kier molecular flexibility index (Phi) is 3.39. The van der Waals surface area contributed by atoms with Gasteiger partial charge in [0, 0.05) is 11.8 Å². The molecule has 2 rings (SSSR count). The molecule has 0 saturated carbocycles. The van der Waals surface area contributed by atoms with Crippen molar-refractivity contribution in [1.82, 2.24) is 15.0 Å². The molecule has 0 unspecified atom stereocenters. The summed E-state index contributed by atoms with van der Waals surface area (Å²) in [6, 6.07) is 6.33. The monoisotopic (exact) mass is 279 g/mol. The summed E-state index contributed by atoms with van der Waals surface area (Å²) in [6.45, 7) is 4.18. The largest absolute Gasteiger partial charge is 0.220 e. The van der Waals surface area contributed by atoms with Crippen LogP contribution in [0.4, 0.5) is 0 Å². The molecule has 0 N–H and O–H groups in total. The van der Waals surface area contributed by atoms with E-state index in [0.29, 0.717) is 0 Å². The van der Waals surface area contributed by atoms with Gasteiger partial charge in [-0.2, -0.15) is 0 Å².